The average molecular weight is 333 g/mol. The van der Waals surface area contributed by atoms with Crippen molar-refractivity contribution in [2.75, 3.05) is 7.11 Å². The third-order valence-electron chi connectivity index (χ3n) is 3.48. The zero-order chi connectivity index (χ0) is 14.8. The van der Waals surface area contributed by atoms with Gasteiger partial charge < -0.3 is 4.74 Å². The fourth-order valence-corrected chi connectivity index (χ4v) is 2.89. The zero-order valence-electron chi connectivity index (χ0n) is 12.5. The molecular weight excluding hydrogens is 312 g/mol. The lowest BCUT2D eigenvalue weighted by atomic mass is 9.86. The minimum Gasteiger partial charge on any atom is -0.496 e. The minimum atomic E-state index is 0.146. The summed E-state index contributed by atoms with van der Waals surface area (Å²) in [5.41, 5.74) is 3.92. The van der Waals surface area contributed by atoms with Crippen LogP contribution in [0.5, 0.6) is 5.75 Å². The minimum absolute atomic E-state index is 0.146. The second kappa shape index (κ2) is 6.01. The van der Waals surface area contributed by atoms with Crippen LogP contribution in [0.3, 0.4) is 0 Å². The van der Waals surface area contributed by atoms with Crippen molar-refractivity contribution in [1.82, 2.24) is 0 Å². The average Bonchev–Trinajstić information content (AvgIpc) is 2.45. The first kappa shape index (κ1) is 15.1. The van der Waals surface area contributed by atoms with Gasteiger partial charge in [0.2, 0.25) is 0 Å². The van der Waals surface area contributed by atoms with Crippen LogP contribution in [0, 0.1) is 0 Å². The molecule has 0 aliphatic rings. The summed E-state index contributed by atoms with van der Waals surface area (Å²) in [6.45, 7) is 6.69. The SMILES string of the molecule is COc1ccccc1C(Br)c1ccc(C(C)(C)C)cc1. The predicted molar refractivity (Wildman–Crippen MR) is 88.9 cm³/mol. The van der Waals surface area contributed by atoms with Gasteiger partial charge >= 0.3 is 0 Å². The summed E-state index contributed by atoms with van der Waals surface area (Å²) in [6.07, 6.45) is 0. The first-order chi connectivity index (χ1) is 9.43. The monoisotopic (exact) mass is 332 g/mol. The molecule has 2 aromatic carbocycles. The van der Waals surface area contributed by atoms with Crippen molar-refractivity contribution in [1.29, 1.82) is 0 Å². The van der Waals surface area contributed by atoms with Crippen LogP contribution >= 0.6 is 15.9 Å². The van der Waals surface area contributed by atoms with Gasteiger partial charge in [-0.1, -0.05) is 79.2 Å². The Morgan fingerprint density at radius 3 is 2.10 bits per heavy atom. The van der Waals surface area contributed by atoms with Crippen LogP contribution in [-0.4, -0.2) is 7.11 Å². The van der Waals surface area contributed by atoms with Crippen LogP contribution in [0.4, 0.5) is 0 Å². The molecule has 1 nitrogen and oxygen atoms in total. The predicted octanol–water partition coefficient (Wildman–Crippen LogP) is 5.48. The van der Waals surface area contributed by atoms with Crippen LogP contribution in [0.15, 0.2) is 48.5 Å². The first-order valence-electron chi connectivity index (χ1n) is 6.81. The Hall–Kier alpha value is -1.28. The summed E-state index contributed by atoms with van der Waals surface area (Å²) < 4.78 is 5.44. The number of alkyl halides is 1. The summed E-state index contributed by atoms with van der Waals surface area (Å²) in [6, 6.07) is 16.9. The molecule has 0 fully saturated rings. The van der Waals surface area contributed by atoms with E-state index in [0.29, 0.717) is 0 Å². The molecule has 0 spiro atoms. The van der Waals surface area contributed by atoms with E-state index in [9.17, 15) is 0 Å². The molecule has 2 heteroatoms. The molecule has 0 aromatic heterocycles. The Bertz CT molecular complexity index is 567. The van der Waals surface area contributed by atoms with Crippen molar-refractivity contribution in [3.8, 4) is 5.75 Å². The molecule has 0 radical (unpaired) electrons. The summed E-state index contributed by atoms with van der Waals surface area (Å²) in [5, 5.41) is 0. The molecule has 1 unspecified atom stereocenters. The Labute approximate surface area is 130 Å². The van der Waals surface area contributed by atoms with Gasteiger partial charge in [0, 0.05) is 5.56 Å². The maximum Gasteiger partial charge on any atom is 0.123 e. The van der Waals surface area contributed by atoms with E-state index in [1.165, 1.54) is 11.1 Å². The van der Waals surface area contributed by atoms with Crippen LogP contribution in [0.2, 0.25) is 0 Å². The van der Waals surface area contributed by atoms with Crippen molar-refractivity contribution >= 4 is 15.9 Å². The summed E-state index contributed by atoms with van der Waals surface area (Å²) in [5.74, 6) is 0.911. The molecule has 106 valence electrons. The van der Waals surface area contributed by atoms with Crippen LogP contribution < -0.4 is 4.74 Å². The van der Waals surface area contributed by atoms with Gasteiger partial charge in [-0.2, -0.15) is 0 Å². The number of benzene rings is 2. The van der Waals surface area contributed by atoms with Crippen molar-refractivity contribution in [3.05, 3.63) is 65.2 Å². The van der Waals surface area contributed by atoms with Crippen molar-refractivity contribution in [2.24, 2.45) is 0 Å². The standard InChI is InChI=1S/C18H21BrO/c1-18(2,3)14-11-9-13(10-12-14)17(19)15-7-5-6-8-16(15)20-4/h5-12,17H,1-4H3. The van der Waals surface area contributed by atoms with Gasteiger partial charge in [0.25, 0.3) is 0 Å². The molecule has 0 aliphatic heterocycles. The maximum absolute atomic E-state index is 5.44. The summed E-state index contributed by atoms with van der Waals surface area (Å²) in [4.78, 5) is 0.146. The van der Waals surface area contributed by atoms with E-state index in [2.05, 4.69) is 67.0 Å². The second-order valence-corrected chi connectivity index (χ2v) is 6.89. The lowest BCUT2D eigenvalue weighted by molar-refractivity contribution is 0.410. The smallest absolute Gasteiger partial charge is 0.123 e. The first-order valence-corrected chi connectivity index (χ1v) is 7.72. The highest BCUT2D eigenvalue weighted by atomic mass is 79.9. The topological polar surface area (TPSA) is 9.23 Å². The highest BCUT2D eigenvalue weighted by molar-refractivity contribution is 9.09. The molecule has 0 N–H and O–H groups in total. The highest BCUT2D eigenvalue weighted by Gasteiger charge is 2.17. The number of ether oxygens (including phenoxy) is 1. The Morgan fingerprint density at radius 2 is 1.55 bits per heavy atom. The Kier molecular flexibility index (Phi) is 4.54. The molecule has 0 aliphatic carbocycles. The van der Waals surface area contributed by atoms with E-state index in [1.807, 2.05) is 18.2 Å². The maximum atomic E-state index is 5.44. The van der Waals surface area contributed by atoms with Crippen molar-refractivity contribution in [3.63, 3.8) is 0 Å². The van der Waals surface area contributed by atoms with Crippen LogP contribution in [0.25, 0.3) is 0 Å². The second-order valence-electron chi connectivity index (χ2n) is 5.98. The third-order valence-corrected chi connectivity index (χ3v) is 4.50. The fourth-order valence-electron chi connectivity index (χ4n) is 2.21. The van der Waals surface area contributed by atoms with E-state index >= 15 is 0 Å². The van der Waals surface area contributed by atoms with Crippen LogP contribution in [0.1, 0.15) is 42.3 Å². The highest BCUT2D eigenvalue weighted by Crippen LogP contribution is 2.37. The number of rotatable bonds is 3. The fraction of sp³-hybridized carbons (Fsp3) is 0.333. The summed E-state index contributed by atoms with van der Waals surface area (Å²) >= 11 is 3.78. The van der Waals surface area contributed by atoms with Gasteiger partial charge in [-0.15, -0.1) is 0 Å². The lowest BCUT2D eigenvalue weighted by Crippen LogP contribution is -2.10. The molecule has 0 saturated heterocycles. The quantitative estimate of drug-likeness (QED) is 0.676. The van der Waals surface area contributed by atoms with E-state index < -0.39 is 0 Å². The largest absolute Gasteiger partial charge is 0.496 e. The normalized spacial score (nSPS) is 13.1. The van der Waals surface area contributed by atoms with Gasteiger partial charge in [0.15, 0.2) is 0 Å². The molecule has 0 amide bonds. The van der Waals surface area contributed by atoms with E-state index in [4.69, 9.17) is 4.74 Å². The van der Waals surface area contributed by atoms with Gasteiger partial charge in [-0.25, -0.2) is 0 Å². The molecule has 20 heavy (non-hydrogen) atoms. The van der Waals surface area contributed by atoms with Gasteiger partial charge in [-0.3, -0.25) is 0 Å². The molecule has 0 heterocycles. The third kappa shape index (κ3) is 3.24. The van der Waals surface area contributed by atoms with Crippen molar-refractivity contribution in [2.45, 2.75) is 31.0 Å². The number of para-hydroxylation sites is 1. The molecule has 2 rings (SSSR count). The van der Waals surface area contributed by atoms with Gasteiger partial charge in [0.1, 0.15) is 5.75 Å². The number of hydrogen-bond acceptors (Lipinski definition) is 1. The van der Waals surface area contributed by atoms with E-state index in [1.54, 1.807) is 7.11 Å². The number of halogens is 1. The number of methoxy groups -OCH3 is 1. The molecule has 1 atom stereocenters. The molecule has 0 bridgehead atoms. The van der Waals surface area contributed by atoms with E-state index in [-0.39, 0.29) is 10.2 Å². The molecule has 0 saturated carbocycles. The van der Waals surface area contributed by atoms with E-state index in [0.717, 1.165) is 11.3 Å². The molecule has 2 aromatic rings. The molecular formula is C18H21BrO. The van der Waals surface area contributed by atoms with Gasteiger partial charge in [0.05, 0.1) is 11.9 Å². The Balaban J connectivity index is 2.32. The van der Waals surface area contributed by atoms with Gasteiger partial charge in [-0.05, 0) is 22.6 Å². The zero-order valence-corrected chi connectivity index (χ0v) is 14.1. The number of hydrogen-bond donors (Lipinski definition) is 0. The Morgan fingerprint density at radius 1 is 0.950 bits per heavy atom. The van der Waals surface area contributed by atoms with Crippen molar-refractivity contribution < 1.29 is 4.74 Å². The van der Waals surface area contributed by atoms with Crippen LogP contribution in [-0.2, 0) is 5.41 Å². The lowest BCUT2D eigenvalue weighted by Gasteiger charge is -2.20. The summed E-state index contributed by atoms with van der Waals surface area (Å²) in [7, 11) is 1.71.